The van der Waals surface area contributed by atoms with Crippen LogP contribution >= 0.6 is 0 Å². The third kappa shape index (κ3) is 2.27. The average molecular weight is 274 g/mol. The Hall–Kier alpha value is -2.30. The Bertz CT molecular complexity index is 699. The van der Waals surface area contributed by atoms with Crippen molar-refractivity contribution in [2.24, 2.45) is 0 Å². The van der Waals surface area contributed by atoms with Crippen molar-refractivity contribution in [3.8, 4) is 0 Å². The number of hydrogen-bond acceptors (Lipinski definition) is 2. The minimum atomic E-state index is -0.943. The first-order valence-corrected chi connectivity index (χ1v) is 6.35. The molecular weight excluding hydrogens is 256 g/mol. The Balaban J connectivity index is 2.59. The highest BCUT2D eigenvalue weighted by molar-refractivity contribution is 5.95. The van der Waals surface area contributed by atoms with Crippen LogP contribution in [0.3, 0.4) is 0 Å². The number of fused-ring (bicyclic) bond motifs is 1. The van der Waals surface area contributed by atoms with Crippen molar-refractivity contribution >= 4 is 22.8 Å². The van der Waals surface area contributed by atoms with E-state index in [1.54, 1.807) is 37.2 Å². The SMILES string of the molecule is Cc1c(C)n(CC(=O)N(C)C)c2ccc(C(=O)O)cc12. The number of aryl methyl sites for hydroxylation is 1. The summed E-state index contributed by atoms with van der Waals surface area (Å²) < 4.78 is 1.93. The van der Waals surface area contributed by atoms with Crippen molar-refractivity contribution in [1.82, 2.24) is 9.47 Å². The van der Waals surface area contributed by atoms with Gasteiger partial charge in [0.1, 0.15) is 6.54 Å². The summed E-state index contributed by atoms with van der Waals surface area (Å²) in [6.07, 6.45) is 0. The van der Waals surface area contributed by atoms with E-state index in [1.165, 1.54) is 0 Å². The molecule has 1 amide bonds. The van der Waals surface area contributed by atoms with Gasteiger partial charge in [-0.1, -0.05) is 0 Å². The Morgan fingerprint density at radius 1 is 1.25 bits per heavy atom. The summed E-state index contributed by atoms with van der Waals surface area (Å²) in [6, 6.07) is 5.00. The molecule has 2 rings (SSSR count). The molecule has 1 aromatic heterocycles. The Labute approximate surface area is 117 Å². The molecule has 5 nitrogen and oxygen atoms in total. The van der Waals surface area contributed by atoms with E-state index in [1.807, 2.05) is 18.4 Å². The van der Waals surface area contributed by atoms with Crippen LogP contribution in [0.25, 0.3) is 10.9 Å². The predicted molar refractivity (Wildman–Crippen MR) is 77.1 cm³/mol. The summed E-state index contributed by atoms with van der Waals surface area (Å²) >= 11 is 0. The molecule has 2 aromatic rings. The summed E-state index contributed by atoms with van der Waals surface area (Å²) in [5.41, 5.74) is 3.14. The number of nitrogens with zero attached hydrogens (tertiary/aromatic N) is 2. The van der Waals surface area contributed by atoms with E-state index in [9.17, 15) is 9.59 Å². The number of benzene rings is 1. The maximum atomic E-state index is 11.9. The fourth-order valence-corrected chi connectivity index (χ4v) is 2.26. The zero-order valence-electron chi connectivity index (χ0n) is 12.1. The van der Waals surface area contributed by atoms with Crippen LogP contribution in [0.1, 0.15) is 21.6 Å². The lowest BCUT2D eigenvalue weighted by molar-refractivity contribution is -0.129. The van der Waals surface area contributed by atoms with Gasteiger partial charge in [0.2, 0.25) is 5.91 Å². The van der Waals surface area contributed by atoms with Crippen molar-refractivity contribution in [3.63, 3.8) is 0 Å². The molecule has 0 bridgehead atoms. The Morgan fingerprint density at radius 2 is 1.90 bits per heavy atom. The molecule has 106 valence electrons. The Kier molecular flexibility index (Phi) is 3.53. The minimum Gasteiger partial charge on any atom is -0.478 e. The first kappa shape index (κ1) is 14.1. The number of carboxylic acid groups (broad SMARTS) is 1. The molecule has 0 aliphatic carbocycles. The first-order chi connectivity index (χ1) is 9.32. The third-order valence-electron chi connectivity index (χ3n) is 3.68. The summed E-state index contributed by atoms with van der Waals surface area (Å²) in [4.78, 5) is 24.5. The molecule has 1 N–H and O–H groups in total. The number of amides is 1. The number of carbonyl (C=O) groups is 2. The van der Waals surface area contributed by atoms with E-state index in [0.717, 1.165) is 22.2 Å². The normalized spacial score (nSPS) is 10.8. The zero-order valence-corrected chi connectivity index (χ0v) is 12.1. The van der Waals surface area contributed by atoms with Gasteiger partial charge in [-0.15, -0.1) is 0 Å². The molecule has 1 heterocycles. The maximum absolute atomic E-state index is 11.9. The van der Waals surface area contributed by atoms with E-state index >= 15 is 0 Å². The van der Waals surface area contributed by atoms with Crippen molar-refractivity contribution in [3.05, 3.63) is 35.0 Å². The van der Waals surface area contributed by atoms with E-state index in [2.05, 4.69) is 0 Å². The lowest BCUT2D eigenvalue weighted by atomic mass is 10.1. The topological polar surface area (TPSA) is 62.5 Å². The molecule has 0 radical (unpaired) electrons. The van der Waals surface area contributed by atoms with Gasteiger partial charge in [0.25, 0.3) is 0 Å². The van der Waals surface area contributed by atoms with Crippen molar-refractivity contribution in [1.29, 1.82) is 0 Å². The number of likely N-dealkylation sites (N-methyl/N-ethyl adjacent to an activating group) is 1. The van der Waals surface area contributed by atoms with Crippen molar-refractivity contribution in [2.75, 3.05) is 14.1 Å². The van der Waals surface area contributed by atoms with Gasteiger partial charge in [0.15, 0.2) is 0 Å². The molecule has 0 saturated heterocycles. The van der Waals surface area contributed by atoms with Gasteiger partial charge in [-0.05, 0) is 37.6 Å². The van der Waals surface area contributed by atoms with E-state index in [0.29, 0.717) is 0 Å². The average Bonchev–Trinajstić information content (AvgIpc) is 2.63. The Morgan fingerprint density at radius 3 is 2.45 bits per heavy atom. The first-order valence-electron chi connectivity index (χ1n) is 6.35. The molecule has 1 aromatic carbocycles. The molecule has 0 spiro atoms. The molecule has 0 atom stereocenters. The number of hydrogen-bond donors (Lipinski definition) is 1. The predicted octanol–water partition coefficient (Wildman–Crippen LogP) is 2.04. The molecular formula is C15H18N2O3. The van der Waals surface area contributed by atoms with Gasteiger partial charge in [0, 0.05) is 30.7 Å². The van der Waals surface area contributed by atoms with Crippen molar-refractivity contribution in [2.45, 2.75) is 20.4 Å². The molecule has 0 aliphatic heterocycles. The molecule has 0 fully saturated rings. The van der Waals surface area contributed by atoms with Crippen LogP contribution in [0.5, 0.6) is 0 Å². The standard InChI is InChI=1S/C15H18N2O3/c1-9-10(2)17(8-14(18)16(3)4)13-6-5-11(15(19)20)7-12(9)13/h5-7H,8H2,1-4H3,(H,19,20). The van der Waals surface area contributed by atoms with E-state index < -0.39 is 5.97 Å². The molecule has 0 saturated carbocycles. The van der Waals surface area contributed by atoms with Crippen LogP contribution in [0.2, 0.25) is 0 Å². The second-order valence-corrected chi connectivity index (χ2v) is 5.12. The number of aromatic carboxylic acids is 1. The number of rotatable bonds is 3. The summed E-state index contributed by atoms with van der Waals surface area (Å²) in [5, 5.41) is 9.95. The summed E-state index contributed by atoms with van der Waals surface area (Å²) in [6.45, 7) is 4.15. The minimum absolute atomic E-state index is 0.00677. The van der Waals surface area contributed by atoms with Gasteiger partial charge in [-0.25, -0.2) is 4.79 Å². The monoisotopic (exact) mass is 274 g/mol. The second kappa shape index (κ2) is 5.00. The van der Waals surface area contributed by atoms with Gasteiger partial charge in [0.05, 0.1) is 5.56 Å². The summed E-state index contributed by atoms with van der Waals surface area (Å²) in [5.74, 6) is -0.937. The zero-order chi connectivity index (χ0) is 15.0. The quantitative estimate of drug-likeness (QED) is 0.931. The van der Waals surface area contributed by atoms with E-state index in [-0.39, 0.29) is 18.0 Å². The lowest BCUT2D eigenvalue weighted by Crippen LogP contribution is -2.26. The lowest BCUT2D eigenvalue weighted by Gasteiger charge is -2.13. The highest BCUT2D eigenvalue weighted by atomic mass is 16.4. The van der Waals surface area contributed by atoms with Crippen molar-refractivity contribution < 1.29 is 14.7 Å². The fraction of sp³-hybridized carbons (Fsp3) is 0.333. The number of aromatic nitrogens is 1. The third-order valence-corrected chi connectivity index (χ3v) is 3.68. The van der Waals surface area contributed by atoms with E-state index in [4.69, 9.17) is 5.11 Å². The second-order valence-electron chi connectivity index (χ2n) is 5.12. The highest BCUT2D eigenvalue weighted by Crippen LogP contribution is 2.26. The van der Waals surface area contributed by atoms with Gasteiger partial charge in [-0.3, -0.25) is 4.79 Å². The number of carboxylic acids is 1. The van der Waals surface area contributed by atoms with Gasteiger partial charge in [-0.2, -0.15) is 0 Å². The van der Waals surface area contributed by atoms with Crippen LogP contribution in [-0.2, 0) is 11.3 Å². The molecule has 0 unspecified atom stereocenters. The van der Waals surface area contributed by atoms with Gasteiger partial charge < -0.3 is 14.6 Å². The fourth-order valence-electron chi connectivity index (χ4n) is 2.26. The molecule has 5 heteroatoms. The van der Waals surface area contributed by atoms with Crippen LogP contribution in [-0.4, -0.2) is 40.5 Å². The van der Waals surface area contributed by atoms with Crippen LogP contribution in [0.15, 0.2) is 18.2 Å². The van der Waals surface area contributed by atoms with Crippen LogP contribution in [0.4, 0.5) is 0 Å². The molecule has 0 aliphatic rings. The molecule has 20 heavy (non-hydrogen) atoms. The smallest absolute Gasteiger partial charge is 0.335 e. The van der Waals surface area contributed by atoms with Gasteiger partial charge >= 0.3 is 5.97 Å². The van der Waals surface area contributed by atoms with Crippen LogP contribution < -0.4 is 0 Å². The summed E-state index contributed by atoms with van der Waals surface area (Å²) in [7, 11) is 3.44. The largest absolute Gasteiger partial charge is 0.478 e. The number of carbonyl (C=O) groups excluding carboxylic acids is 1. The maximum Gasteiger partial charge on any atom is 0.335 e. The highest BCUT2D eigenvalue weighted by Gasteiger charge is 2.16. The van der Waals surface area contributed by atoms with Crippen LogP contribution in [0, 0.1) is 13.8 Å².